The molecule has 1 unspecified atom stereocenters. The minimum atomic E-state index is -3.79. The third-order valence-corrected chi connectivity index (χ3v) is 3.48. The molecule has 0 fully saturated rings. The second-order valence-electron chi connectivity index (χ2n) is 4.87. The van der Waals surface area contributed by atoms with Crippen molar-refractivity contribution in [3.05, 3.63) is 0 Å². The van der Waals surface area contributed by atoms with Crippen molar-refractivity contribution in [2.24, 2.45) is 0 Å². The van der Waals surface area contributed by atoms with Crippen LogP contribution in [0.1, 0.15) is 32.6 Å². The molecule has 148 valence electrons. The summed E-state index contributed by atoms with van der Waals surface area (Å²) in [6, 6.07) is 0. The summed E-state index contributed by atoms with van der Waals surface area (Å²) in [5, 5.41) is 1.14. The van der Waals surface area contributed by atoms with E-state index in [-0.39, 0.29) is 18.6 Å². The van der Waals surface area contributed by atoms with Crippen LogP contribution in [0.2, 0.25) is 0 Å². The summed E-state index contributed by atoms with van der Waals surface area (Å²) in [5.74, 6) is 0. The molecule has 0 heterocycles. The quantitative estimate of drug-likeness (QED) is 0.371. The van der Waals surface area contributed by atoms with Crippen LogP contribution in [0.5, 0.6) is 0 Å². The van der Waals surface area contributed by atoms with E-state index in [1.165, 1.54) is 0 Å². The molecule has 1 atom stereocenters. The lowest BCUT2D eigenvalue weighted by molar-refractivity contribution is -0.0212. The van der Waals surface area contributed by atoms with Crippen LogP contribution in [0.25, 0.3) is 0 Å². The summed E-state index contributed by atoms with van der Waals surface area (Å²) in [4.78, 5) is 22.2. The molecule has 0 spiro atoms. The van der Waals surface area contributed by atoms with Crippen LogP contribution in [0.15, 0.2) is 0 Å². The summed E-state index contributed by atoms with van der Waals surface area (Å²) in [7, 11) is 0.992. The molecule has 0 aromatic carbocycles. The fourth-order valence-electron chi connectivity index (χ4n) is 1.63. The van der Waals surface area contributed by atoms with E-state index in [0.717, 1.165) is 26.4 Å². The van der Waals surface area contributed by atoms with Crippen molar-refractivity contribution in [2.75, 3.05) is 33.4 Å². The highest BCUT2D eigenvalue weighted by Crippen LogP contribution is 2.34. The highest BCUT2D eigenvalue weighted by molar-refractivity contribution is 7.95. The van der Waals surface area contributed by atoms with Crippen molar-refractivity contribution in [3.8, 4) is 0 Å². The van der Waals surface area contributed by atoms with Crippen LogP contribution >= 0.6 is 12.0 Å². The Bertz CT molecular complexity index is 391. The molecule has 0 rings (SSSR count). The number of hydrogen-bond donors (Lipinski definition) is 2. The van der Waals surface area contributed by atoms with Gasteiger partial charge in [-0.1, -0.05) is 12.8 Å². The van der Waals surface area contributed by atoms with Crippen molar-refractivity contribution >= 4 is 24.2 Å². The zero-order valence-corrected chi connectivity index (χ0v) is 15.1. The zero-order valence-electron chi connectivity index (χ0n) is 14.3. The number of unbranched alkanes of at least 4 members (excludes halogenated alkanes) is 3. The molecule has 0 saturated heterocycles. The average molecular weight is 390 g/mol. The van der Waals surface area contributed by atoms with E-state index in [1.54, 1.807) is 6.92 Å². The van der Waals surface area contributed by atoms with Crippen molar-refractivity contribution in [3.63, 3.8) is 0 Å². The van der Waals surface area contributed by atoms with Gasteiger partial charge in [0.05, 0.1) is 25.8 Å². The first-order chi connectivity index (χ1) is 11.8. The number of carbonyl (C=O) groups is 2. The normalized spacial score (nSPS) is 12.4. The lowest BCUT2D eigenvalue weighted by Gasteiger charge is -2.18. The molecule has 0 saturated carbocycles. The number of hydrogen-bond acceptors (Lipinski definition) is 6. The minimum absolute atomic E-state index is 0.282. The van der Waals surface area contributed by atoms with Crippen molar-refractivity contribution in [2.45, 2.75) is 44.0 Å². The Morgan fingerprint density at radius 3 is 2.04 bits per heavy atom. The molecule has 25 heavy (non-hydrogen) atoms. The molecule has 11 heteroatoms. The number of amides is 2. The topological polar surface area (TPSA) is 85.9 Å². The maximum absolute atomic E-state index is 13.2. The first-order valence-corrected chi connectivity index (χ1v) is 8.62. The van der Waals surface area contributed by atoms with Gasteiger partial charge in [-0.25, -0.2) is 14.0 Å². The van der Waals surface area contributed by atoms with Crippen molar-refractivity contribution < 1.29 is 36.4 Å². The molecule has 0 radical (unpaired) electrons. The molecule has 0 aliphatic heterocycles. The first kappa shape index (κ1) is 23.6. The van der Waals surface area contributed by atoms with E-state index < -0.39 is 30.2 Å². The predicted molar refractivity (Wildman–Crippen MR) is 87.3 cm³/mol. The molecule has 0 aliphatic rings. The van der Waals surface area contributed by atoms with Crippen molar-refractivity contribution in [1.29, 1.82) is 0 Å². The Balaban J connectivity index is 3.57. The zero-order chi connectivity index (χ0) is 19.1. The Kier molecular flexibility index (Phi) is 13.1. The molecule has 2 N–H and O–H groups in total. The Hall–Kier alpha value is -1.36. The van der Waals surface area contributed by atoms with Gasteiger partial charge in [-0.05, 0) is 19.8 Å². The number of halogens is 3. The summed E-state index contributed by atoms with van der Waals surface area (Å²) >= 11 is -0.326. The number of alkyl carbamates (subject to hydrolysis) is 2. The van der Waals surface area contributed by atoms with Gasteiger partial charge in [0.1, 0.15) is 6.61 Å². The second kappa shape index (κ2) is 13.9. The largest absolute Gasteiger partial charge is 0.450 e. The lowest BCUT2D eigenvalue weighted by Crippen LogP contribution is -2.34. The number of rotatable bonds is 13. The Labute approximate surface area is 149 Å². The van der Waals surface area contributed by atoms with Crippen LogP contribution in [0.4, 0.5) is 22.8 Å². The van der Waals surface area contributed by atoms with Crippen LogP contribution in [-0.2, 0) is 13.7 Å². The standard InChI is InChI=1S/C14H25F3N2O5S/c1-3-23-12(20)18-8-6-4-5-7-9-19-13(21)24-10-11(15)14(16,17)25-22-2/h11H,3-10H2,1-2H3,(H,18,20)(H,19,21). The van der Waals surface area contributed by atoms with Gasteiger partial charge in [-0.3, -0.25) is 0 Å². The average Bonchev–Trinajstić information content (AvgIpc) is 2.55. The number of alkyl halides is 3. The SMILES string of the molecule is CCOC(=O)NCCCCCCNC(=O)OCC(F)C(F)(F)SOC. The minimum Gasteiger partial charge on any atom is -0.450 e. The summed E-state index contributed by atoms with van der Waals surface area (Å²) in [6.07, 6.45) is -1.04. The van der Waals surface area contributed by atoms with Gasteiger partial charge in [0, 0.05) is 13.1 Å². The molecular formula is C14H25F3N2O5S. The molecule has 0 aromatic rings. The molecule has 0 aromatic heterocycles. The molecule has 0 bridgehead atoms. The first-order valence-electron chi connectivity index (χ1n) is 7.88. The van der Waals surface area contributed by atoms with Crippen LogP contribution in [0, 0.1) is 0 Å². The molecule has 7 nitrogen and oxygen atoms in total. The lowest BCUT2D eigenvalue weighted by atomic mass is 10.2. The number of nitrogens with one attached hydrogen (secondary N) is 2. The predicted octanol–water partition coefficient (Wildman–Crippen LogP) is 3.24. The summed E-state index contributed by atoms with van der Waals surface area (Å²) in [5.41, 5.74) is 0. The number of ether oxygens (including phenoxy) is 2. The van der Waals surface area contributed by atoms with Crippen molar-refractivity contribution in [1.82, 2.24) is 10.6 Å². The highest BCUT2D eigenvalue weighted by Gasteiger charge is 2.42. The fourth-order valence-corrected chi connectivity index (χ4v) is 2.02. The van der Waals surface area contributed by atoms with E-state index >= 15 is 0 Å². The van der Waals surface area contributed by atoms with Gasteiger partial charge >= 0.3 is 17.4 Å². The highest BCUT2D eigenvalue weighted by atomic mass is 32.2. The third kappa shape index (κ3) is 12.6. The summed E-state index contributed by atoms with van der Waals surface area (Å²) < 4.78 is 52.5. The number of carbonyl (C=O) groups excluding carboxylic acids is 2. The van der Waals surface area contributed by atoms with Crippen LogP contribution in [-0.4, -0.2) is 57.0 Å². The van der Waals surface area contributed by atoms with Crippen LogP contribution in [0.3, 0.4) is 0 Å². The van der Waals surface area contributed by atoms with Gasteiger partial charge in [0.2, 0.25) is 6.17 Å². The van der Waals surface area contributed by atoms with Gasteiger partial charge < -0.3 is 24.3 Å². The van der Waals surface area contributed by atoms with Gasteiger partial charge in [-0.2, -0.15) is 8.78 Å². The van der Waals surface area contributed by atoms with E-state index in [4.69, 9.17) is 4.74 Å². The van der Waals surface area contributed by atoms with E-state index in [1.807, 2.05) is 0 Å². The molecular weight excluding hydrogens is 365 g/mol. The monoisotopic (exact) mass is 390 g/mol. The van der Waals surface area contributed by atoms with E-state index in [2.05, 4.69) is 19.6 Å². The van der Waals surface area contributed by atoms with E-state index in [9.17, 15) is 22.8 Å². The Morgan fingerprint density at radius 1 is 1.04 bits per heavy atom. The van der Waals surface area contributed by atoms with Gasteiger partial charge in [-0.15, -0.1) is 0 Å². The van der Waals surface area contributed by atoms with E-state index in [0.29, 0.717) is 19.6 Å². The van der Waals surface area contributed by atoms with Crippen LogP contribution < -0.4 is 10.6 Å². The summed E-state index contributed by atoms with van der Waals surface area (Å²) in [6.45, 7) is 1.76. The second-order valence-corrected chi connectivity index (χ2v) is 5.91. The Morgan fingerprint density at radius 2 is 1.56 bits per heavy atom. The van der Waals surface area contributed by atoms with Gasteiger partial charge in [0.25, 0.3) is 0 Å². The van der Waals surface area contributed by atoms with Gasteiger partial charge in [0.15, 0.2) is 0 Å². The maximum atomic E-state index is 13.2. The molecule has 2 amide bonds. The smallest absolute Gasteiger partial charge is 0.407 e. The molecule has 0 aliphatic carbocycles. The maximum Gasteiger partial charge on any atom is 0.407 e. The third-order valence-electron chi connectivity index (χ3n) is 2.84. The fraction of sp³-hybridized carbons (Fsp3) is 0.857.